The van der Waals surface area contributed by atoms with Gasteiger partial charge < -0.3 is 0 Å². The molecule has 0 heterocycles. The van der Waals surface area contributed by atoms with Gasteiger partial charge in [0.15, 0.2) is 0 Å². The molecule has 0 radical (unpaired) electrons. The second kappa shape index (κ2) is 3.81. The van der Waals surface area contributed by atoms with E-state index in [-0.39, 0.29) is 11.3 Å². The van der Waals surface area contributed by atoms with Gasteiger partial charge in [-0.2, -0.15) is 0 Å². The van der Waals surface area contributed by atoms with Crippen LogP contribution in [-0.2, 0) is 4.79 Å². The number of carbonyl (C=O) groups excluding carboxylic acids is 1. The molecule has 0 bridgehead atoms. The Hall–Kier alpha value is -1.37. The van der Waals surface area contributed by atoms with E-state index in [1.807, 2.05) is 0 Å². The average Bonchev–Trinajstić information content (AvgIpc) is 2.36. The number of rotatable bonds is 1. The third-order valence-corrected chi connectivity index (χ3v) is 4.88. The molecule has 18 heavy (non-hydrogen) atoms. The van der Waals surface area contributed by atoms with Gasteiger partial charge in [0.05, 0.1) is 5.92 Å². The average molecular weight is 240 g/mol. The first kappa shape index (κ1) is 11.7. The van der Waals surface area contributed by atoms with Crippen molar-refractivity contribution in [3.8, 4) is 0 Å². The maximum absolute atomic E-state index is 12.5. The fraction of sp³-hybridized carbons (Fsp3) is 0.471. The molecule has 2 aliphatic rings. The highest BCUT2D eigenvalue weighted by Crippen LogP contribution is 2.58. The van der Waals surface area contributed by atoms with Crippen molar-refractivity contribution in [3.63, 3.8) is 0 Å². The highest BCUT2D eigenvalue weighted by molar-refractivity contribution is 5.98. The Labute approximate surface area is 109 Å². The van der Waals surface area contributed by atoms with Crippen molar-refractivity contribution in [1.82, 2.24) is 0 Å². The molecule has 1 aromatic rings. The first-order valence-electron chi connectivity index (χ1n) is 6.80. The number of allylic oxidation sites excluding steroid dienone is 2. The lowest BCUT2D eigenvalue weighted by Gasteiger charge is -2.53. The van der Waals surface area contributed by atoms with E-state index < -0.39 is 0 Å². The maximum Gasteiger partial charge on any atom is 0.147 e. The highest BCUT2D eigenvalue weighted by Gasteiger charge is 2.58. The lowest BCUT2D eigenvalue weighted by molar-refractivity contribution is -0.146. The first-order valence-corrected chi connectivity index (χ1v) is 6.80. The summed E-state index contributed by atoms with van der Waals surface area (Å²) in [6.45, 7) is 6.42. The SMILES string of the molecule is CC1=C[C@H]2C(c3ccc(C)cc3)C(=O)[C@@]2(C)CC1. The van der Waals surface area contributed by atoms with Crippen LogP contribution in [0, 0.1) is 18.3 Å². The number of benzene rings is 1. The summed E-state index contributed by atoms with van der Waals surface area (Å²) in [5, 5.41) is 0. The lowest BCUT2D eigenvalue weighted by atomic mass is 9.48. The van der Waals surface area contributed by atoms with Gasteiger partial charge in [-0.25, -0.2) is 0 Å². The molecular weight excluding hydrogens is 220 g/mol. The molecule has 1 nitrogen and oxygen atoms in total. The minimum atomic E-state index is -0.0882. The van der Waals surface area contributed by atoms with E-state index in [1.165, 1.54) is 16.7 Å². The number of aryl methyl sites for hydroxylation is 1. The largest absolute Gasteiger partial charge is 0.298 e. The standard InChI is InChI=1S/C17H20O/c1-11-4-6-13(7-5-11)15-14-10-12(2)8-9-17(14,3)16(15)18/h4-7,10,14-15H,8-9H2,1-3H3/t14-,15?,17-/m0/s1. The summed E-state index contributed by atoms with van der Waals surface area (Å²) >= 11 is 0. The second-order valence-electron chi connectivity index (χ2n) is 6.21. The van der Waals surface area contributed by atoms with E-state index in [1.54, 1.807) is 0 Å². The number of carbonyl (C=O) groups is 1. The molecule has 94 valence electrons. The number of hydrogen-bond donors (Lipinski definition) is 0. The molecule has 1 heteroatoms. The first-order chi connectivity index (χ1) is 8.52. The van der Waals surface area contributed by atoms with Crippen molar-refractivity contribution in [2.75, 3.05) is 0 Å². The van der Waals surface area contributed by atoms with E-state index in [2.05, 4.69) is 51.1 Å². The van der Waals surface area contributed by atoms with Gasteiger partial charge in [0, 0.05) is 11.3 Å². The zero-order valence-electron chi connectivity index (χ0n) is 11.4. The summed E-state index contributed by atoms with van der Waals surface area (Å²) in [7, 11) is 0. The zero-order chi connectivity index (χ0) is 12.9. The van der Waals surface area contributed by atoms with Crippen LogP contribution < -0.4 is 0 Å². The van der Waals surface area contributed by atoms with Gasteiger partial charge in [-0.3, -0.25) is 4.79 Å². The quantitative estimate of drug-likeness (QED) is 0.677. The van der Waals surface area contributed by atoms with Crippen molar-refractivity contribution in [2.45, 2.75) is 39.5 Å². The molecule has 0 aliphatic heterocycles. The van der Waals surface area contributed by atoms with Crippen molar-refractivity contribution in [1.29, 1.82) is 0 Å². The fourth-order valence-corrected chi connectivity index (χ4v) is 3.50. The molecule has 0 N–H and O–H groups in total. The van der Waals surface area contributed by atoms with Crippen LogP contribution in [0.1, 0.15) is 43.7 Å². The zero-order valence-corrected chi connectivity index (χ0v) is 11.4. The Bertz CT molecular complexity index is 523. The summed E-state index contributed by atoms with van der Waals surface area (Å²) < 4.78 is 0. The van der Waals surface area contributed by atoms with E-state index in [0.29, 0.717) is 11.7 Å². The minimum Gasteiger partial charge on any atom is -0.298 e. The molecule has 3 rings (SSSR count). The van der Waals surface area contributed by atoms with Crippen LogP contribution in [0.4, 0.5) is 0 Å². The van der Waals surface area contributed by atoms with Crippen LogP contribution >= 0.6 is 0 Å². The van der Waals surface area contributed by atoms with Crippen LogP contribution in [-0.4, -0.2) is 5.78 Å². The minimum absolute atomic E-state index is 0.0882. The molecule has 0 saturated heterocycles. The summed E-state index contributed by atoms with van der Waals surface area (Å²) in [5.41, 5.74) is 3.81. The summed E-state index contributed by atoms with van der Waals surface area (Å²) in [5.74, 6) is 0.965. The molecule has 1 saturated carbocycles. The Morgan fingerprint density at radius 3 is 2.50 bits per heavy atom. The van der Waals surface area contributed by atoms with E-state index in [9.17, 15) is 4.79 Å². The smallest absolute Gasteiger partial charge is 0.147 e. The number of ketones is 1. The lowest BCUT2D eigenvalue weighted by Crippen LogP contribution is -2.54. The van der Waals surface area contributed by atoms with Gasteiger partial charge in [-0.05, 0) is 32.3 Å². The summed E-state index contributed by atoms with van der Waals surface area (Å²) in [6.07, 6.45) is 4.45. The van der Waals surface area contributed by atoms with Gasteiger partial charge in [0.2, 0.25) is 0 Å². The molecule has 0 spiro atoms. The predicted octanol–water partition coefficient (Wildman–Crippen LogP) is 4.02. The molecule has 1 aromatic carbocycles. The Balaban J connectivity index is 1.97. The van der Waals surface area contributed by atoms with Gasteiger partial charge in [0.25, 0.3) is 0 Å². The van der Waals surface area contributed by atoms with Crippen LogP contribution in [0.3, 0.4) is 0 Å². The molecule has 2 aliphatic carbocycles. The highest BCUT2D eigenvalue weighted by atomic mass is 16.1. The Morgan fingerprint density at radius 1 is 1.17 bits per heavy atom. The third-order valence-electron chi connectivity index (χ3n) is 4.88. The topological polar surface area (TPSA) is 17.1 Å². The fourth-order valence-electron chi connectivity index (χ4n) is 3.50. The van der Waals surface area contributed by atoms with Gasteiger partial charge in [-0.15, -0.1) is 0 Å². The monoisotopic (exact) mass is 240 g/mol. The predicted molar refractivity (Wildman–Crippen MR) is 73.5 cm³/mol. The molecule has 1 unspecified atom stereocenters. The molecule has 0 amide bonds. The van der Waals surface area contributed by atoms with Crippen molar-refractivity contribution in [2.24, 2.45) is 11.3 Å². The normalized spacial score (nSPS) is 34.6. The second-order valence-corrected chi connectivity index (χ2v) is 6.21. The van der Waals surface area contributed by atoms with Crippen molar-refractivity contribution >= 4 is 5.78 Å². The van der Waals surface area contributed by atoms with Crippen molar-refractivity contribution < 1.29 is 4.79 Å². The maximum atomic E-state index is 12.5. The Morgan fingerprint density at radius 2 is 1.83 bits per heavy atom. The number of fused-ring (bicyclic) bond motifs is 1. The molecule has 3 atom stereocenters. The molecule has 1 fully saturated rings. The van der Waals surface area contributed by atoms with Crippen LogP contribution in [0.5, 0.6) is 0 Å². The van der Waals surface area contributed by atoms with Crippen LogP contribution in [0.15, 0.2) is 35.9 Å². The van der Waals surface area contributed by atoms with E-state index in [0.717, 1.165) is 12.8 Å². The van der Waals surface area contributed by atoms with Gasteiger partial charge >= 0.3 is 0 Å². The van der Waals surface area contributed by atoms with Crippen molar-refractivity contribution in [3.05, 3.63) is 47.0 Å². The van der Waals surface area contributed by atoms with E-state index >= 15 is 0 Å². The Kier molecular flexibility index (Phi) is 2.48. The summed E-state index contributed by atoms with van der Waals surface area (Å²) in [4.78, 5) is 12.5. The summed E-state index contributed by atoms with van der Waals surface area (Å²) in [6, 6.07) is 8.46. The third kappa shape index (κ3) is 1.50. The van der Waals surface area contributed by atoms with Crippen LogP contribution in [0.25, 0.3) is 0 Å². The molecular formula is C17H20O. The van der Waals surface area contributed by atoms with E-state index in [4.69, 9.17) is 0 Å². The van der Waals surface area contributed by atoms with Crippen LogP contribution in [0.2, 0.25) is 0 Å². The van der Waals surface area contributed by atoms with Gasteiger partial charge in [0.1, 0.15) is 5.78 Å². The number of Topliss-reactive ketones (excluding diaryl/α,β-unsaturated/α-hetero) is 1. The van der Waals surface area contributed by atoms with Gasteiger partial charge in [-0.1, -0.05) is 48.4 Å². The number of hydrogen-bond acceptors (Lipinski definition) is 1. The molecule has 0 aromatic heterocycles.